The first-order valence-electron chi connectivity index (χ1n) is 8.55. The summed E-state index contributed by atoms with van der Waals surface area (Å²) in [6.07, 6.45) is 5.87. The van der Waals surface area contributed by atoms with Crippen molar-refractivity contribution < 1.29 is 60.3 Å². The normalized spacial score (nSPS) is 10.6. The van der Waals surface area contributed by atoms with Crippen molar-refractivity contribution in [1.82, 2.24) is 0 Å². The van der Waals surface area contributed by atoms with Gasteiger partial charge in [-0.15, -0.1) is 0 Å². The van der Waals surface area contributed by atoms with Crippen LogP contribution >= 0.6 is 0 Å². The Balaban J connectivity index is -0.000000147. The molecule has 0 saturated carbocycles. The standard InChI is InChI=1S/C12H28O4Si.C4H10O.2H2O.Zr/c1-4-7-10-14-17(13,15-11-8-5-2)16-12-9-6-3;1-4(2,3)5;;;/h13H,4-12H2,1-3H3;5H,1-3H3;2*1H2;. The molecule has 0 aliphatic heterocycles. The maximum atomic E-state index is 10.2. The minimum absolute atomic E-state index is 0. The summed E-state index contributed by atoms with van der Waals surface area (Å²) in [7, 11) is -3.36. The van der Waals surface area contributed by atoms with Crippen LogP contribution in [0, 0.1) is 0 Å². The van der Waals surface area contributed by atoms with Gasteiger partial charge >= 0.3 is 9.05 Å². The van der Waals surface area contributed by atoms with Gasteiger partial charge in [-0.25, -0.2) is 0 Å². The summed E-state index contributed by atoms with van der Waals surface area (Å²) in [5, 5.41) is 8.52. The van der Waals surface area contributed by atoms with Crippen LogP contribution in [0.25, 0.3) is 0 Å². The topological polar surface area (TPSA) is 131 Å². The van der Waals surface area contributed by atoms with E-state index in [4.69, 9.17) is 18.4 Å². The second-order valence-corrected chi connectivity index (χ2v) is 8.21. The molecule has 0 amide bonds. The van der Waals surface area contributed by atoms with Crippen LogP contribution in [0.3, 0.4) is 0 Å². The van der Waals surface area contributed by atoms with Gasteiger partial charge in [0.15, 0.2) is 0 Å². The molecule has 9 heteroatoms. The van der Waals surface area contributed by atoms with Crippen LogP contribution < -0.4 is 0 Å². The Bertz CT molecular complexity index is 208. The summed E-state index contributed by atoms with van der Waals surface area (Å²) in [5.41, 5.74) is -0.500. The van der Waals surface area contributed by atoms with Crippen molar-refractivity contribution in [1.29, 1.82) is 0 Å². The van der Waals surface area contributed by atoms with Crippen LogP contribution in [0.1, 0.15) is 80.1 Å². The number of rotatable bonds is 12. The van der Waals surface area contributed by atoms with Gasteiger partial charge in [0.1, 0.15) is 0 Å². The van der Waals surface area contributed by atoms with E-state index in [1.807, 2.05) is 0 Å². The van der Waals surface area contributed by atoms with Crippen molar-refractivity contribution in [2.45, 2.75) is 85.7 Å². The summed E-state index contributed by atoms with van der Waals surface area (Å²) in [4.78, 5) is 10.2. The Hall–Kier alpha value is 0.820. The average Bonchev–Trinajstić information content (AvgIpc) is 2.38. The van der Waals surface area contributed by atoms with Gasteiger partial charge in [0.05, 0.1) is 5.60 Å². The van der Waals surface area contributed by atoms with Gasteiger partial charge in [0.2, 0.25) is 0 Å². The second kappa shape index (κ2) is 22.9. The van der Waals surface area contributed by atoms with E-state index in [2.05, 4.69) is 20.8 Å². The average molecular weight is 466 g/mol. The Morgan fingerprint density at radius 3 is 1.08 bits per heavy atom. The van der Waals surface area contributed by atoms with Crippen LogP contribution in [0.5, 0.6) is 0 Å². The first-order valence-corrected chi connectivity index (χ1v) is 10.2. The van der Waals surface area contributed by atoms with Crippen molar-refractivity contribution in [3.05, 3.63) is 0 Å². The minimum atomic E-state index is -3.36. The molecule has 7 nitrogen and oxygen atoms in total. The minimum Gasteiger partial charge on any atom is -0.412 e. The molecule has 0 aliphatic rings. The van der Waals surface area contributed by atoms with Gasteiger partial charge in [-0.1, -0.05) is 40.0 Å². The third-order valence-electron chi connectivity index (χ3n) is 2.35. The van der Waals surface area contributed by atoms with E-state index in [1.54, 1.807) is 20.8 Å². The molecule has 0 spiro atoms. The van der Waals surface area contributed by atoms with Crippen LogP contribution in [0.4, 0.5) is 0 Å². The van der Waals surface area contributed by atoms with Crippen molar-refractivity contribution in [2.75, 3.05) is 19.8 Å². The van der Waals surface area contributed by atoms with Crippen molar-refractivity contribution >= 4 is 9.05 Å². The summed E-state index contributed by atoms with van der Waals surface area (Å²) < 4.78 is 16.2. The molecule has 0 heterocycles. The van der Waals surface area contributed by atoms with E-state index in [9.17, 15) is 4.80 Å². The van der Waals surface area contributed by atoms with Crippen LogP contribution in [-0.4, -0.2) is 55.3 Å². The maximum Gasteiger partial charge on any atom is 0.676 e. The SMILES string of the molecule is CC(C)(C)O.CCCCO[Si](O)(OCCCC)OCCCC.O.O.[Zr]. The molecular formula is C16H42O7SiZr. The second-order valence-electron chi connectivity index (χ2n) is 6.30. The van der Waals surface area contributed by atoms with Gasteiger partial charge in [0, 0.05) is 46.0 Å². The molecule has 0 radical (unpaired) electrons. The van der Waals surface area contributed by atoms with E-state index in [-0.39, 0.29) is 37.2 Å². The number of aliphatic hydroxyl groups is 1. The molecule has 0 bridgehead atoms. The molecule has 0 aromatic carbocycles. The van der Waals surface area contributed by atoms with Crippen LogP contribution in [0.2, 0.25) is 0 Å². The molecule has 25 heavy (non-hydrogen) atoms. The van der Waals surface area contributed by atoms with E-state index < -0.39 is 14.6 Å². The molecular weight excluding hydrogens is 423 g/mol. The number of hydrogen-bond donors (Lipinski definition) is 2. The number of hydrogen-bond acceptors (Lipinski definition) is 5. The molecule has 156 valence electrons. The first kappa shape index (κ1) is 36.7. The maximum absolute atomic E-state index is 10.2. The van der Waals surface area contributed by atoms with Gasteiger partial charge in [-0.05, 0) is 40.0 Å². The zero-order valence-electron chi connectivity index (χ0n) is 17.0. The molecule has 0 aromatic rings. The van der Waals surface area contributed by atoms with Gasteiger partial charge in [0.25, 0.3) is 0 Å². The zero-order valence-corrected chi connectivity index (χ0v) is 20.4. The summed E-state index contributed by atoms with van der Waals surface area (Å²) in [6.45, 7) is 13.0. The molecule has 0 aromatic heterocycles. The predicted octanol–water partition coefficient (Wildman–Crippen LogP) is 1.99. The molecule has 0 fully saturated rings. The fourth-order valence-corrected chi connectivity index (χ4v) is 2.62. The van der Waals surface area contributed by atoms with Crippen LogP contribution in [0.15, 0.2) is 0 Å². The smallest absolute Gasteiger partial charge is 0.412 e. The van der Waals surface area contributed by atoms with Crippen molar-refractivity contribution in [3.63, 3.8) is 0 Å². The molecule has 0 rings (SSSR count). The summed E-state index contributed by atoms with van der Waals surface area (Å²) >= 11 is 0. The zero-order chi connectivity index (χ0) is 17.5. The van der Waals surface area contributed by atoms with Crippen molar-refractivity contribution in [3.8, 4) is 0 Å². The Labute approximate surface area is 174 Å². The van der Waals surface area contributed by atoms with E-state index in [0.29, 0.717) is 19.8 Å². The Kier molecular flexibility index (Phi) is 33.6. The predicted molar refractivity (Wildman–Crippen MR) is 99.8 cm³/mol. The molecule has 6 N–H and O–H groups in total. The van der Waals surface area contributed by atoms with Gasteiger partial charge in [-0.2, -0.15) is 0 Å². The molecule has 0 saturated heterocycles. The fraction of sp³-hybridized carbons (Fsp3) is 1.00. The van der Waals surface area contributed by atoms with Gasteiger partial charge < -0.3 is 34.1 Å². The summed E-state index contributed by atoms with van der Waals surface area (Å²) in [6, 6.07) is 0. The number of unbranched alkanes of at least 4 members (excludes halogenated alkanes) is 3. The quantitative estimate of drug-likeness (QED) is 0.336. The largest absolute Gasteiger partial charge is 0.676 e. The van der Waals surface area contributed by atoms with Gasteiger partial charge in [-0.3, -0.25) is 0 Å². The van der Waals surface area contributed by atoms with E-state index in [1.165, 1.54) is 0 Å². The molecule has 0 unspecified atom stereocenters. The first-order chi connectivity index (χ1) is 10.2. The van der Waals surface area contributed by atoms with E-state index >= 15 is 0 Å². The Morgan fingerprint density at radius 1 is 0.720 bits per heavy atom. The fourth-order valence-electron chi connectivity index (χ4n) is 1.16. The summed E-state index contributed by atoms with van der Waals surface area (Å²) in [5.74, 6) is 0. The molecule has 0 aliphatic carbocycles. The third-order valence-corrected chi connectivity index (χ3v) is 4.05. The monoisotopic (exact) mass is 464 g/mol. The van der Waals surface area contributed by atoms with E-state index in [0.717, 1.165) is 38.5 Å². The van der Waals surface area contributed by atoms with Crippen LogP contribution in [-0.2, 0) is 39.5 Å². The Morgan fingerprint density at radius 2 is 0.920 bits per heavy atom. The third kappa shape index (κ3) is 36.5. The molecule has 0 atom stereocenters. The van der Waals surface area contributed by atoms with Crippen molar-refractivity contribution in [2.24, 2.45) is 0 Å².